The summed E-state index contributed by atoms with van der Waals surface area (Å²) < 4.78 is 41.4. The lowest BCUT2D eigenvalue weighted by Crippen LogP contribution is -2.31. The minimum atomic E-state index is -4.19. The Labute approximate surface area is 122 Å². The Kier molecular flexibility index (Phi) is 6.14. The highest BCUT2D eigenvalue weighted by molar-refractivity contribution is 6.31. The fourth-order valence-electron chi connectivity index (χ4n) is 1.71. The van der Waals surface area contributed by atoms with Crippen LogP contribution in [0.2, 0.25) is 5.02 Å². The highest BCUT2D eigenvalue weighted by Crippen LogP contribution is 2.31. The Morgan fingerprint density at radius 3 is 2.50 bits per heavy atom. The SMILES string of the molecule is Cc1cc(OCCNCC(F)(F)F)c(C(C)C)cc1Cl. The van der Waals surface area contributed by atoms with Crippen LogP contribution in [0, 0.1) is 6.92 Å². The third-order valence-corrected chi connectivity index (χ3v) is 3.18. The number of halogens is 4. The molecule has 2 nitrogen and oxygen atoms in total. The molecule has 0 aromatic heterocycles. The molecule has 1 N–H and O–H groups in total. The Morgan fingerprint density at radius 2 is 1.95 bits per heavy atom. The van der Waals surface area contributed by atoms with Gasteiger partial charge < -0.3 is 10.1 Å². The van der Waals surface area contributed by atoms with Gasteiger partial charge in [0.25, 0.3) is 0 Å². The standard InChI is InChI=1S/C14H19ClF3NO/c1-9(2)11-7-12(15)10(3)6-13(11)20-5-4-19-8-14(16,17)18/h6-7,9,19H,4-5,8H2,1-3H3. The molecular formula is C14H19ClF3NO. The smallest absolute Gasteiger partial charge is 0.401 e. The van der Waals surface area contributed by atoms with Gasteiger partial charge in [-0.1, -0.05) is 25.4 Å². The van der Waals surface area contributed by atoms with Crippen molar-refractivity contribution in [3.8, 4) is 5.75 Å². The van der Waals surface area contributed by atoms with Gasteiger partial charge in [-0.3, -0.25) is 0 Å². The molecule has 0 fully saturated rings. The van der Waals surface area contributed by atoms with E-state index in [1.807, 2.05) is 32.9 Å². The first-order valence-electron chi connectivity index (χ1n) is 6.41. The van der Waals surface area contributed by atoms with E-state index in [2.05, 4.69) is 5.32 Å². The third-order valence-electron chi connectivity index (χ3n) is 2.77. The highest BCUT2D eigenvalue weighted by atomic mass is 35.5. The molecule has 1 aromatic rings. The molecule has 20 heavy (non-hydrogen) atoms. The second kappa shape index (κ2) is 7.18. The maximum Gasteiger partial charge on any atom is 0.401 e. The van der Waals surface area contributed by atoms with Crippen molar-refractivity contribution in [1.82, 2.24) is 5.32 Å². The molecule has 1 rings (SSSR count). The minimum Gasteiger partial charge on any atom is -0.492 e. The topological polar surface area (TPSA) is 21.3 Å². The van der Waals surface area contributed by atoms with E-state index in [0.717, 1.165) is 11.1 Å². The van der Waals surface area contributed by atoms with E-state index in [9.17, 15) is 13.2 Å². The van der Waals surface area contributed by atoms with Crippen LogP contribution in [0.25, 0.3) is 0 Å². The summed E-state index contributed by atoms with van der Waals surface area (Å²) >= 11 is 6.07. The molecule has 0 aliphatic heterocycles. The van der Waals surface area contributed by atoms with Crippen molar-refractivity contribution >= 4 is 11.6 Å². The summed E-state index contributed by atoms with van der Waals surface area (Å²) in [5, 5.41) is 2.96. The normalized spacial score (nSPS) is 12.0. The van der Waals surface area contributed by atoms with Gasteiger partial charge in [0.15, 0.2) is 0 Å². The fraction of sp³-hybridized carbons (Fsp3) is 0.571. The van der Waals surface area contributed by atoms with E-state index < -0.39 is 12.7 Å². The highest BCUT2D eigenvalue weighted by Gasteiger charge is 2.25. The molecule has 114 valence electrons. The van der Waals surface area contributed by atoms with Gasteiger partial charge in [-0.05, 0) is 36.1 Å². The molecular weight excluding hydrogens is 291 g/mol. The van der Waals surface area contributed by atoms with E-state index >= 15 is 0 Å². The summed E-state index contributed by atoms with van der Waals surface area (Å²) in [5.74, 6) is 0.905. The largest absolute Gasteiger partial charge is 0.492 e. The van der Waals surface area contributed by atoms with Gasteiger partial charge in [0, 0.05) is 11.6 Å². The van der Waals surface area contributed by atoms with E-state index in [1.165, 1.54) is 0 Å². The van der Waals surface area contributed by atoms with Crippen LogP contribution in [-0.4, -0.2) is 25.9 Å². The van der Waals surface area contributed by atoms with E-state index in [1.54, 1.807) is 0 Å². The van der Waals surface area contributed by atoms with Crippen LogP contribution < -0.4 is 10.1 Å². The first kappa shape index (κ1) is 17.1. The first-order valence-corrected chi connectivity index (χ1v) is 6.79. The van der Waals surface area contributed by atoms with Gasteiger partial charge in [-0.2, -0.15) is 13.2 Å². The van der Waals surface area contributed by atoms with Crippen molar-refractivity contribution in [2.75, 3.05) is 19.7 Å². The molecule has 0 bridgehead atoms. The summed E-state index contributed by atoms with van der Waals surface area (Å²) in [7, 11) is 0. The van der Waals surface area contributed by atoms with Crippen molar-refractivity contribution < 1.29 is 17.9 Å². The van der Waals surface area contributed by atoms with Crippen molar-refractivity contribution in [2.45, 2.75) is 32.9 Å². The maximum atomic E-state index is 12.0. The second-order valence-corrected chi connectivity index (χ2v) is 5.34. The average molecular weight is 310 g/mol. The molecule has 0 unspecified atom stereocenters. The number of nitrogens with one attached hydrogen (secondary N) is 1. The van der Waals surface area contributed by atoms with Crippen molar-refractivity contribution in [2.24, 2.45) is 0 Å². The molecule has 0 spiro atoms. The summed E-state index contributed by atoms with van der Waals surface area (Å²) in [6.07, 6.45) is -4.19. The van der Waals surface area contributed by atoms with Crippen LogP contribution in [0.1, 0.15) is 30.9 Å². The lowest BCUT2D eigenvalue weighted by Gasteiger charge is -2.16. The zero-order valence-electron chi connectivity index (χ0n) is 11.8. The number of hydrogen-bond acceptors (Lipinski definition) is 2. The van der Waals surface area contributed by atoms with E-state index in [-0.39, 0.29) is 19.1 Å². The molecule has 0 atom stereocenters. The van der Waals surface area contributed by atoms with Crippen LogP contribution in [0.15, 0.2) is 12.1 Å². The Balaban J connectivity index is 2.57. The molecule has 0 aliphatic carbocycles. The summed E-state index contributed by atoms with van der Waals surface area (Å²) in [4.78, 5) is 0. The molecule has 6 heteroatoms. The summed E-state index contributed by atoms with van der Waals surface area (Å²) in [6, 6.07) is 3.67. The molecule has 0 radical (unpaired) electrons. The summed E-state index contributed by atoms with van der Waals surface area (Å²) in [6.45, 7) is 5.19. The molecule has 0 saturated carbocycles. The van der Waals surface area contributed by atoms with Gasteiger partial charge >= 0.3 is 6.18 Å². The molecule has 0 heterocycles. The van der Waals surface area contributed by atoms with Crippen LogP contribution in [0.4, 0.5) is 13.2 Å². The molecule has 0 amide bonds. The second-order valence-electron chi connectivity index (χ2n) is 4.93. The zero-order valence-corrected chi connectivity index (χ0v) is 12.5. The van der Waals surface area contributed by atoms with Crippen molar-refractivity contribution in [1.29, 1.82) is 0 Å². The first-order chi connectivity index (χ1) is 9.20. The van der Waals surface area contributed by atoms with Crippen LogP contribution in [0.5, 0.6) is 5.75 Å². The average Bonchev–Trinajstić information content (AvgIpc) is 2.31. The minimum absolute atomic E-state index is 0.138. The number of benzene rings is 1. The predicted molar refractivity (Wildman–Crippen MR) is 74.7 cm³/mol. The molecule has 0 saturated heterocycles. The van der Waals surface area contributed by atoms with Gasteiger partial charge in [0.1, 0.15) is 12.4 Å². The Bertz CT molecular complexity index is 447. The lowest BCUT2D eigenvalue weighted by atomic mass is 10.0. The van der Waals surface area contributed by atoms with E-state index in [0.29, 0.717) is 10.8 Å². The Morgan fingerprint density at radius 1 is 1.30 bits per heavy atom. The number of alkyl halides is 3. The van der Waals surface area contributed by atoms with Crippen LogP contribution >= 0.6 is 11.6 Å². The van der Waals surface area contributed by atoms with Crippen molar-refractivity contribution in [3.63, 3.8) is 0 Å². The van der Waals surface area contributed by atoms with Gasteiger partial charge in [0.2, 0.25) is 0 Å². The van der Waals surface area contributed by atoms with Crippen LogP contribution in [0.3, 0.4) is 0 Å². The molecule has 0 aliphatic rings. The third kappa shape index (κ3) is 5.59. The number of ether oxygens (including phenoxy) is 1. The monoisotopic (exact) mass is 309 g/mol. The maximum absolute atomic E-state index is 12.0. The Hall–Kier alpha value is -0.940. The van der Waals surface area contributed by atoms with Crippen LogP contribution in [-0.2, 0) is 0 Å². The molecule has 1 aromatic carbocycles. The van der Waals surface area contributed by atoms with Gasteiger partial charge in [0.05, 0.1) is 6.54 Å². The number of aryl methyl sites for hydroxylation is 1. The van der Waals surface area contributed by atoms with Crippen molar-refractivity contribution in [3.05, 3.63) is 28.3 Å². The number of hydrogen-bond donors (Lipinski definition) is 1. The lowest BCUT2D eigenvalue weighted by molar-refractivity contribution is -0.124. The van der Waals surface area contributed by atoms with Gasteiger partial charge in [-0.15, -0.1) is 0 Å². The number of rotatable bonds is 6. The van der Waals surface area contributed by atoms with E-state index in [4.69, 9.17) is 16.3 Å². The predicted octanol–water partition coefficient (Wildman–Crippen LogP) is 4.30. The van der Waals surface area contributed by atoms with Gasteiger partial charge in [-0.25, -0.2) is 0 Å². The zero-order chi connectivity index (χ0) is 15.3. The summed E-state index contributed by atoms with van der Waals surface area (Å²) in [5.41, 5.74) is 1.84. The quantitative estimate of drug-likeness (QED) is 0.791. The fourth-order valence-corrected chi connectivity index (χ4v) is 1.88.